The van der Waals surface area contributed by atoms with Crippen LogP contribution in [0.1, 0.15) is 50.7 Å². The Morgan fingerprint density at radius 2 is 1.02 bits per heavy atom. The summed E-state index contributed by atoms with van der Waals surface area (Å²) in [6.07, 6.45) is -4.42. The predicted molar refractivity (Wildman–Crippen MR) is 155 cm³/mol. The Hall–Kier alpha value is -4.62. The van der Waals surface area contributed by atoms with Crippen LogP contribution in [-0.4, -0.2) is 34.0 Å². The number of carboxylic acid groups (broad SMARTS) is 2. The van der Waals surface area contributed by atoms with E-state index in [2.05, 4.69) is 10.6 Å². The van der Waals surface area contributed by atoms with Gasteiger partial charge in [0.05, 0.1) is 34.8 Å². The maximum Gasteiger partial charge on any atom is 0.416 e. The Kier molecular flexibility index (Phi) is 11.4. The molecule has 0 saturated heterocycles. The van der Waals surface area contributed by atoms with Gasteiger partial charge in [0.1, 0.15) is 0 Å². The second-order valence-electron chi connectivity index (χ2n) is 11.2. The lowest BCUT2D eigenvalue weighted by atomic mass is 9.79. The van der Waals surface area contributed by atoms with Crippen LogP contribution < -0.4 is 10.6 Å². The molecule has 248 valence electrons. The standard InChI is InChI=1S/2C16H16F3NO3/c1-9-5-6-12(15(22)23)13(7-9)14(21)20-11-4-2-3-10(8-11)16(17,18)19;1-9-5-6-12(13(7-9)15(22)23)14(21)20-11-4-2-3-10(8-11)16(17,18)19/h2*2-5,8,12-13H,6-7H2,1H3,(H,20,21)(H,22,23). The molecule has 2 aliphatic carbocycles. The van der Waals surface area contributed by atoms with Gasteiger partial charge in [0.15, 0.2) is 0 Å². The molecule has 2 amide bonds. The third kappa shape index (κ3) is 9.69. The normalized spacial score (nSPS) is 21.5. The fraction of sp³-hybridized carbons (Fsp3) is 0.375. The number of allylic oxidation sites excluding steroid dienone is 4. The van der Waals surface area contributed by atoms with Crippen LogP contribution in [0.25, 0.3) is 0 Å². The molecule has 2 aromatic rings. The van der Waals surface area contributed by atoms with Gasteiger partial charge in [0, 0.05) is 11.4 Å². The van der Waals surface area contributed by atoms with Crippen LogP contribution in [-0.2, 0) is 31.5 Å². The fourth-order valence-electron chi connectivity index (χ4n) is 5.24. The summed E-state index contributed by atoms with van der Waals surface area (Å²) < 4.78 is 76.1. The van der Waals surface area contributed by atoms with Gasteiger partial charge < -0.3 is 20.8 Å². The van der Waals surface area contributed by atoms with E-state index in [-0.39, 0.29) is 37.1 Å². The summed E-state index contributed by atoms with van der Waals surface area (Å²) >= 11 is 0. The molecular formula is C32H32F6N2O6. The van der Waals surface area contributed by atoms with E-state index < -0.39 is 70.9 Å². The van der Waals surface area contributed by atoms with Crippen LogP contribution in [0.4, 0.5) is 37.7 Å². The van der Waals surface area contributed by atoms with Crippen molar-refractivity contribution in [3.8, 4) is 0 Å². The molecule has 0 aromatic heterocycles. The van der Waals surface area contributed by atoms with Crippen molar-refractivity contribution >= 4 is 35.1 Å². The van der Waals surface area contributed by atoms with Crippen molar-refractivity contribution in [3.05, 3.63) is 83.0 Å². The number of hydrogen-bond acceptors (Lipinski definition) is 4. The predicted octanol–water partition coefficient (Wildman–Crippen LogP) is 7.40. The minimum atomic E-state index is -4.51. The molecule has 4 rings (SSSR count). The second-order valence-corrected chi connectivity index (χ2v) is 11.2. The minimum absolute atomic E-state index is 0.000221. The SMILES string of the molecule is CC1=CCC(C(=O)Nc2cccc(C(F)(F)F)c2)C(C(=O)O)C1.CC1=CCC(C(=O)O)C(C(=O)Nc2cccc(C(F)(F)F)c2)C1. The average Bonchev–Trinajstić information content (AvgIpc) is 2.96. The number of carbonyl (C=O) groups is 4. The van der Waals surface area contributed by atoms with Gasteiger partial charge in [-0.05, 0) is 75.9 Å². The zero-order valence-corrected chi connectivity index (χ0v) is 24.7. The minimum Gasteiger partial charge on any atom is -0.481 e. The number of halogens is 6. The second kappa shape index (κ2) is 14.6. The van der Waals surface area contributed by atoms with E-state index in [4.69, 9.17) is 0 Å². The van der Waals surface area contributed by atoms with Gasteiger partial charge >= 0.3 is 24.3 Å². The number of rotatable bonds is 6. The van der Waals surface area contributed by atoms with Crippen molar-refractivity contribution in [3.63, 3.8) is 0 Å². The van der Waals surface area contributed by atoms with Crippen molar-refractivity contribution in [2.75, 3.05) is 10.6 Å². The van der Waals surface area contributed by atoms with Crippen LogP contribution in [0.5, 0.6) is 0 Å². The van der Waals surface area contributed by atoms with Crippen LogP contribution in [0.15, 0.2) is 71.8 Å². The van der Waals surface area contributed by atoms with E-state index in [1.807, 2.05) is 0 Å². The molecule has 2 aromatic carbocycles. The lowest BCUT2D eigenvalue weighted by molar-refractivity contribution is -0.146. The van der Waals surface area contributed by atoms with Crippen LogP contribution in [0.3, 0.4) is 0 Å². The molecular weight excluding hydrogens is 622 g/mol. The zero-order chi connectivity index (χ0) is 34.4. The van der Waals surface area contributed by atoms with Gasteiger partial charge in [-0.15, -0.1) is 0 Å². The smallest absolute Gasteiger partial charge is 0.416 e. The van der Waals surface area contributed by atoms with Crippen molar-refractivity contribution in [1.29, 1.82) is 0 Å². The lowest BCUT2D eigenvalue weighted by Crippen LogP contribution is -2.35. The van der Waals surface area contributed by atoms with Crippen molar-refractivity contribution < 1.29 is 55.7 Å². The van der Waals surface area contributed by atoms with Crippen molar-refractivity contribution in [2.45, 2.75) is 51.9 Å². The molecule has 0 bridgehead atoms. The van der Waals surface area contributed by atoms with E-state index in [0.717, 1.165) is 35.4 Å². The monoisotopic (exact) mass is 654 g/mol. The molecule has 46 heavy (non-hydrogen) atoms. The van der Waals surface area contributed by atoms with Gasteiger partial charge in [0.2, 0.25) is 11.8 Å². The highest BCUT2D eigenvalue weighted by molar-refractivity contribution is 5.96. The third-order valence-corrected chi connectivity index (χ3v) is 7.72. The number of hydrogen-bond donors (Lipinski definition) is 4. The van der Waals surface area contributed by atoms with E-state index in [1.165, 1.54) is 24.3 Å². The molecule has 2 aliphatic rings. The van der Waals surface area contributed by atoms with Crippen LogP contribution >= 0.6 is 0 Å². The Labute approximate surface area is 260 Å². The van der Waals surface area contributed by atoms with Crippen LogP contribution in [0.2, 0.25) is 0 Å². The first-order valence-electron chi connectivity index (χ1n) is 14.1. The Morgan fingerprint density at radius 3 is 1.43 bits per heavy atom. The van der Waals surface area contributed by atoms with Gasteiger partial charge in [-0.1, -0.05) is 35.4 Å². The number of carbonyl (C=O) groups excluding carboxylic acids is 2. The summed E-state index contributed by atoms with van der Waals surface area (Å²) in [4.78, 5) is 47.1. The number of aliphatic carboxylic acids is 2. The molecule has 8 nitrogen and oxygen atoms in total. The highest BCUT2D eigenvalue weighted by Gasteiger charge is 2.37. The number of benzene rings is 2. The average molecular weight is 655 g/mol. The van der Waals surface area contributed by atoms with Gasteiger partial charge in [0.25, 0.3) is 0 Å². The first kappa shape index (κ1) is 35.9. The number of alkyl halides is 6. The van der Waals surface area contributed by atoms with Crippen LogP contribution in [0, 0.1) is 23.7 Å². The molecule has 0 fully saturated rings. The zero-order valence-electron chi connectivity index (χ0n) is 24.7. The first-order valence-corrected chi connectivity index (χ1v) is 14.1. The topological polar surface area (TPSA) is 133 Å². The first-order chi connectivity index (χ1) is 21.4. The number of carboxylic acids is 2. The molecule has 0 radical (unpaired) electrons. The Morgan fingerprint density at radius 1 is 0.630 bits per heavy atom. The maximum absolute atomic E-state index is 12.7. The van der Waals surface area contributed by atoms with E-state index >= 15 is 0 Å². The summed E-state index contributed by atoms with van der Waals surface area (Å²) in [5, 5.41) is 23.2. The molecule has 0 heterocycles. The summed E-state index contributed by atoms with van der Waals surface area (Å²) in [6.45, 7) is 3.58. The number of anilines is 2. The Balaban J connectivity index is 0.000000250. The summed E-state index contributed by atoms with van der Waals surface area (Å²) in [7, 11) is 0. The summed E-state index contributed by atoms with van der Waals surface area (Å²) in [5.41, 5.74) is 0.0443. The molecule has 4 unspecified atom stereocenters. The Bertz CT molecular complexity index is 1530. The summed E-state index contributed by atoms with van der Waals surface area (Å²) in [6, 6.07) is 8.54. The molecule has 14 heteroatoms. The third-order valence-electron chi connectivity index (χ3n) is 7.72. The van der Waals surface area contributed by atoms with E-state index in [9.17, 15) is 55.7 Å². The highest BCUT2D eigenvalue weighted by Crippen LogP contribution is 2.35. The van der Waals surface area contributed by atoms with E-state index in [0.29, 0.717) is 0 Å². The van der Waals surface area contributed by atoms with Gasteiger partial charge in [-0.2, -0.15) is 26.3 Å². The molecule has 0 saturated carbocycles. The molecule has 4 N–H and O–H groups in total. The van der Waals surface area contributed by atoms with Gasteiger partial charge in [-0.25, -0.2) is 0 Å². The summed E-state index contributed by atoms with van der Waals surface area (Å²) in [5.74, 6) is -6.67. The number of nitrogens with one attached hydrogen (secondary N) is 2. The largest absolute Gasteiger partial charge is 0.481 e. The molecule has 4 atom stereocenters. The van der Waals surface area contributed by atoms with Crippen molar-refractivity contribution in [2.24, 2.45) is 23.7 Å². The van der Waals surface area contributed by atoms with Crippen molar-refractivity contribution in [1.82, 2.24) is 0 Å². The van der Waals surface area contributed by atoms with E-state index in [1.54, 1.807) is 26.0 Å². The lowest BCUT2D eigenvalue weighted by Gasteiger charge is -2.26. The number of amides is 2. The fourth-order valence-corrected chi connectivity index (χ4v) is 5.24. The molecule has 0 spiro atoms. The maximum atomic E-state index is 12.7. The quantitative estimate of drug-likeness (QED) is 0.190. The van der Waals surface area contributed by atoms with Gasteiger partial charge in [-0.3, -0.25) is 19.2 Å². The molecule has 0 aliphatic heterocycles. The highest BCUT2D eigenvalue weighted by atomic mass is 19.4.